The van der Waals surface area contributed by atoms with Gasteiger partial charge in [0.1, 0.15) is 0 Å². The standard InChI is InChI=1S/C14H18N4O/c1-3-12-13(9-18(2)17-12)16-14(19)8-10-6-4-5-7-11(10)15/h4-7,9H,3,8,15H2,1-2H3,(H,16,19). The van der Waals surface area contributed by atoms with E-state index in [-0.39, 0.29) is 12.3 Å². The minimum absolute atomic E-state index is 0.0828. The molecule has 0 radical (unpaired) electrons. The fraction of sp³-hybridized carbons (Fsp3) is 0.286. The van der Waals surface area contributed by atoms with Crippen LogP contribution in [0.4, 0.5) is 11.4 Å². The van der Waals surface area contributed by atoms with Crippen LogP contribution in [-0.2, 0) is 24.7 Å². The number of nitrogen functional groups attached to an aromatic ring is 1. The summed E-state index contributed by atoms with van der Waals surface area (Å²) in [6, 6.07) is 7.39. The van der Waals surface area contributed by atoms with Crippen molar-refractivity contribution in [2.75, 3.05) is 11.1 Å². The highest BCUT2D eigenvalue weighted by atomic mass is 16.1. The van der Waals surface area contributed by atoms with E-state index in [1.165, 1.54) is 0 Å². The van der Waals surface area contributed by atoms with Crippen LogP contribution in [-0.4, -0.2) is 15.7 Å². The largest absolute Gasteiger partial charge is 0.398 e. The van der Waals surface area contributed by atoms with Gasteiger partial charge in [-0.25, -0.2) is 0 Å². The molecule has 3 N–H and O–H groups in total. The first-order chi connectivity index (χ1) is 9.10. The minimum atomic E-state index is -0.0828. The summed E-state index contributed by atoms with van der Waals surface area (Å²) in [7, 11) is 1.84. The lowest BCUT2D eigenvalue weighted by Gasteiger charge is -2.06. The van der Waals surface area contributed by atoms with Crippen molar-refractivity contribution < 1.29 is 4.79 Å². The Balaban J connectivity index is 2.07. The molecular weight excluding hydrogens is 240 g/mol. The van der Waals surface area contributed by atoms with Crippen LogP contribution >= 0.6 is 0 Å². The first kappa shape index (κ1) is 13.1. The predicted molar refractivity (Wildman–Crippen MR) is 75.8 cm³/mol. The molecule has 0 saturated carbocycles. The topological polar surface area (TPSA) is 72.9 Å². The van der Waals surface area contributed by atoms with Crippen LogP contribution in [0.5, 0.6) is 0 Å². The molecule has 0 saturated heterocycles. The number of nitrogens with zero attached hydrogens (tertiary/aromatic N) is 2. The lowest BCUT2D eigenvalue weighted by Crippen LogP contribution is -2.15. The molecule has 0 fully saturated rings. The van der Waals surface area contributed by atoms with E-state index in [0.29, 0.717) is 5.69 Å². The van der Waals surface area contributed by atoms with E-state index in [9.17, 15) is 4.79 Å². The lowest BCUT2D eigenvalue weighted by atomic mass is 10.1. The number of benzene rings is 1. The maximum atomic E-state index is 12.0. The molecule has 2 aromatic rings. The van der Waals surface area contributed by atoms with E-state index in [1.807, 2.05) is 38.4 Å². The van der Waals surface area contributed by atoms with Gasteiger partial charge < -0.3 is 11.1 Å². The summed E-state index contributed by atoms with van der Waals surface area (Å²) >= 11 is 0. The zero-order chi connectivity index (χ0) is 13.8. The SMILES string of the molecule is CCc1nn(C)cc1NC(=O)Cc1ccccc1N. The third-order valence-corrected chi connectivity index (χ3v) is 2.92. The third kappa shape index (κ3) is 3.13. The molecule has 0 aliphatic rings. The molecule has 0 aliphatic carbocycles. The smallest absolute Gasteiger partial charge is 0.228 e. The first-order valence-electron chi connectivity index (χ1n) is 6.26. The zero-order valence-corrected chi connectivity index (χ0v) is 11.2. The second kappa shape index (κ2) is 5.56. The third-order valence-electron chi connectivity index (χ3n) is 2.92. The van der Waals surface area contributed by atoms with Crippen molar-refractivity contribution in [1.29, 1.82) is 0 Å². The fourth-order valence-electron chi connectivity index (χ4n) is 1.96. The van der Waals surface area contributed by atoms with Gasteiger partial charge in [0.2, 0.25) is 5.91 Å². The average Bonchev–Trinajstić information content (AvgIpc) is 2.72. The second-order valence-electron chi connectivity index (χ2n) is 4.44. The first-order valence-corrected chi connectivity index (χ1v) is 6.26. The van der Waals surface area contributed by atoms with E-state index in [2.05, 4.69) is 10.4 Å². The molecular formula is C14H18N4O. The Kier molecular flexibility index (Phi) is 3.85. The molecule has 5 nitrogen and oxygen atoms in total. The molecule has 0 atom stereocenters. The van der Waals surface area contributed by atoms with E-state index < -0.39 is 0 Å². The van der Waals surface area contributed by atoms with E-state index in [1.54, 1.807) is 10.7 Å². The maximum Gasteiger partial charge on any atom is 0.228 e. The number of carbonyl (C=O) groups excluding carboxylic acids is 1. The van der Waals surface area contributed by atoms with Gasteiger partial charge in [-0.3, -0.25) is 9.48 Å². The Bertz CT molecular complexity index is 589. The number of para-hydroxylation sites is 1. The average molecular weight is 258 g/mol. The van der Waals surface area contributed by atoms with Crippen molar-refractivity contribution in [1.82, 2.24) is 9.78 Å². The van der Waals surface area contributed by atoms with Crippen LogP contribution in [0.1, 0.15) is 18.2 Å². The second-order valence-corrected chi connectivity index (χ2v) is 4.44. The number of carbonyl (C=O) groups is 1. The monoisotopic (exact) mass is 258 g/mol. The van der Waals surface area contributed by atoms with Gasteiger partial charge in [0, 0.05) is 18.9 Å². The van der Waals surface area contributed by atoms with Crippen LogP contribution < -0.4 is 11.1 Å². The number of aromatic nitrogens is 2. The van der Waals surface area contributed by atoms with E-state index in [4.69, 9.17) is 5.73 Å². The van der Waals surface area contributed by atoms with Crippen molar-refractivity contribution in [3.63, 3.8) is 0 Å². The molecule has 0 unspecified atom stereocenters. The van der Waals surface area contributed by atoms with Gasteiger partial charge in [0.25, 0.3) is 0 Å². The maximum absolute atomic E-state index is 12.0. The quantitative estimate of drug-likeness (QED) is 0.820. The van der Waals surface area contributed by atoms with Gasteiger partial charge in [-0.15, -0.1) is 0 Å². The molecule has 0 spiro atoms. The Morgan fingerprint density at radius 2 is 2.16 bits per heavy atom. The summed E-state index contributed by atoms with van der Waals surface area (Å²) in [6.45, 7) is 2.01. The van der Waals surface area contributed by atoms with Crippen LogP contribution in [0.15, 0.2) is 30.5 Å². The Hall–Kier alpha value is -2.30. The van der Waals surface area contributed by atoms with Gasteiger partial charge >= 0.3 is 0 Å². The molecule has 0 aliphatic heterocycles. The van der Waals surface area contributed by atoms with Crippen LogP contribution in [0.2, 0.25) is 0 Å². The van der Waals surface area contributed by atoms with Crippen molar-refractivity contribution in [3.8, 4) is 0 Å². The number of nitrogens with one attached hydrogen (secondary N) is 1. The summed E-state index contributed by atoms with van der Waals surface area (Å²) in [6.07, 6.45) is 2.86. The normalized spacial score (nSPS) is 10.4. The summed E-state index contributed by atoms with van der Waals surface area (Å²) < 4.78 is 1.70. The van der Waals surface area contributed by atoms with Crippen molar-refractivity contribution >= 4 is 17.3 Å². The highest BCUT2D eigenvalue weighted by molar-refractivity contribution is 5.93. The molecule has 1 amide bonds. The van der Waals surface area contributed by atoms with Crippen molar-refractivity contribution in [2.45, 2.75) is 19.8 Å². The number of hydrogen-bond donors (Lipinski definition) is 2. The highest BCUT2D eigenvalue weighted by Crippen LogP contribution is 2.16. The Morgan fingerprint density at radius 1 is 1.42 bits per heavy atom. The lowest BCUT2D eigenvalue weighted by molar-refractivity contribution is -0.115. The van der Waals surface area contributed by atoms with E-state index >= 15 is 0 Å². The molecule has 0 bridgehead atoms. The molecule has 100 valence electrons. The number of nitrogens with two attached hydrogens (primary N) is 1. The zero-order valence-electron chi connectivity index (χ0n) is 11.2. The number of amides is 1. The summed E-state index contributed by atoms with van der Waals surface area (Å²) in [5, 5.41) is 7.16. The Morgan fingerprint density at radius 3 is 2.84 bits per heavy atom. The van der Waals surface area contributed by atoms with Gasteiger partial charge in [0.15, 0.2) is 0 Å². The molecule has 1 aromatic heterocycles. The molecule has 2 rings (SSSR count). The van der Waals surface area contributed by atoms with Crippen molar-refractivity contribution in [2.24, 2.45) is 7.05 Å². The number of aryl methyl sites for hydroxylation is 2. The van der Waals surface area contributed by atoms with Crippen molar-refractivity contribution in [3.05, 3.63) is 41.7 Å². The molecule has 19 heavy (non-hydrogen) atoms. The fourth-order valence-corrected chi connectivity index (χ4v) is 1.96. The predicted octanol–water partition coefficient (Wildman–Crippen LogP) is 1.75. The number of rotatable bonds is 4. The van der Waals surface area contributed by atoms with Crippen LogP contribution in [0.3, 0.4) is 0 Å². The number of hydrogen-bond acceptors (Lipinski definition) is 3. The minimum Gasteiger partial charge on any atom is -0.398 e. The summed E-state index contributed by atoms with van der Waals surface area (Å²) in [5.41, 5.74) is 8.95. The summed E-state index contributed by atoms with van der Waals surface area (Å²) in [4.78, 5) is 12.0. The number of anilines is 2. The van der Waals surface area contributed by atoms with Gasteiger partial charge in [0.05, 0.1) is 17.8 Å². The molecule has 1 aromatic carbocycles. The molecule has 5 heteroatoms. The highest BCUT2D eigenvalue weighted by Gasteiger charge is 2.11. The van der Waals surface area contributed by atoms with Gasteiger partial charge in [-0.05, 0) is 18.1 Å². The van der Waals surface area contributed by atoms with Gasteiger partial charge in [-0.2, -0.15) is 5.10 Å². The van der Waals surface area contributed by atoms with Crippen LogP contribution in [0.25, 0.3) is 0 Å². The van der Waals surface area contributed by atoms with Gasteiger partial charge in [-0.1, -0.05) is 25.1 Å². The Labute approximate surface area is 112 Å². The summed E-state index contributed by atoms with van der Waals surface area (Å²) in [5.74, 6) is -0.0828. The van der Waals surface area contributed by atoms with E-state index in [0.717, 1.165) is 23.4 Å². The molecule has 1 heterocycles. The van der Waals surface area contributed by atoms with Crippen LogP contribution in [0, 0.1) is 0 Å².